The van der Waals surface area contributed by atoms with E-state index >= 15 is 0 Å². The van der Waals surface area contributed by atoms with Crippen molar-refractivity contribution in [3.63, 3.8) is 0 Å². The summed E-state index contributed by atoms with van der Waals surface area (Å²) in [5.41, 5.74) is 3.46. The lowest BCUT2D eigenvalue weighted by Crippen LogP contribution is -1.95. The van der Waals surface area contributed by atoms with Gasteiger partial charge >= 0.3 is 12.0 Å². The monoisotopic (exact) mass is 360 g/mol. The van der Waals surface area contributed by atoms with Crippen molar-refractivity contribution < 1.29 is 18.3 Å². The Morgan fingerprint density at radius 1 is 0.731 bits per heavy atom. The molecule has 126 valence electrons. The first-order valence-electron chi connectivity index (χ1n) is 8.40. The fraction of sp³-hybridized carbons (Fsp3) is 0.143. The molecular weight excluding hydrogens is 340 g/mol. The van der Waals surface area contributed by atoms with Gasteiger partial charge in [0.1, 0.15) is 0 Å². The molecule has 2 aromatic rings. The van der Waals surface area contributed by atoms with Crippen LogP contribution in [0.3, 0.4) is 0 Å². The van der Waals surface area contributed by atoms with E-state index in [1.807, 2.05) is 57.2 Å². The maximum Gasteiger partial charge on any atom is 0.495 e. The first-order valence-corrected chi connectivity index (χ1v) is 9.21. The maximum absolute atomic E-state index is 3.26. The minimum atomic E-state index is 1.11. The zero-order chi connectivity index (χ0) is 18.1. The highest BCUT2D eigenvalue weighted by atomic mass is 32.2. The van der Waals surface area contributed by atoms with Crippen LogP contribution in [-0.2, 0) is 0 Å². The van der Waals surface area contributed by atoms with Crippen molar-refractivity contribution in [3.8, 4) is 0 Å². The molecule has 0 aliphatic carbocycles. The summed E-state index contributed by atoms with van der Waals surface area (Å²) in [7, 11) is 3.95. The summed E-state index contributed by atoms with van der Waals surface area (Å²) in [5.74, 6) is 0. The van der Waals surface area contributed by atoms with E-state index in [9.17, 15) is 0 Å². The van der Waals surface area contributed by atoms with E-state index in [0.29, 0.717) is 0 Å². The van der Waals surface area contributed by atoms with Crippen LogP contribution in [0.4, 0.5) is 11.4 Å². The molecule has 0 fully saturated rings. The summed E-state index contributed by atoms with van der Waals surface area (Å²) in [6.45, 7) is 2.13. The summed E-state index contributed by atoms with van der Waals surface area (Å²) < 4.78 is 7.86. The number of rotatable bonds is 4. The highest BCUT2D eigenvalue weighted by molar-refractivity contribution is 7.99. The molecule has 2 aliphatic rings. The lowest BCUT2D eigenvalue weighted by atomic mass is 10.2. The van der Waals surface area contributed by atoms with Gasteiger partial charge in [-0.3, -0.25) is 0 Å². The molecule has 2 aromatic carbocycles. The summed E-state index contributed by atoms with van der Waals surface area (Å²) in [6.07, 6.45) is 8.01. The van der Waals surface area contributed by atoms with Gasteiger partial charge in [0, 0.05) is 34.1 Å². The van der Waals surface area contributed by atoms with E-state index < -0.39 is 0 Å². The molecule has 0 bridgehead atoms. The van der Waals surface area contributed by atoms with E-state index in [-0.39, 0.29) is 0 Å². The Kier molecular flexibility index (Phi) is 4.27. The molecule has 4 rings (SSSR count). The van der Waals surface area contributed by atoms with Gasteiger partial charge in [0.2, 0.25) is 23.8 Å². The van der Waals surface area contributed by atoms with E-state index in [2.05, 4.69) is 61.4 Å². The molecule has 0 spiro atoms. The molecule has 5 heteroatoms. The molecule has 0 saturated carbocycles. The Bertz CT molecular complexity index is 1110. The predicted octanol–water partition coefficient (Wildman–Crippen LogP) is 4.04. The van der Waals surface area contributed by atoms with Gasteiger partial charge in [0.25, 0.3) is 12.4 Å². The van der Waals surface area contributed by atoms with Crippen LogP contribution in [0, 0.1) is 6.92 Å². The Morgan fingerprint density at radius 3 is 2.04 bits per heavy atom. The van der Waals surface area contributed by atoms with Gasteiger partial charge in [0.05, 0.1) is 0 Å². The largest absolute Gasteiger partial charge is 0.495 e. The van der Waals surface area contributed by atoms with Crippen LogP contribution in [0.2, 0.25) is 0 Å². The Labute approximate surface area is 157 Å². The van der Waals surface area contributed by atoms with Gasteiger partial charge in [-0.05, 0) is 24.6 Å². The summed E-state index contributed by atoms with van der Waals surface area (Å²) in [5, 5.41) is 0. The first-order chi connectivity index (χ1) is 12.6. The Balaban J connectivity index is 1.65. The predicted molar refractivity (Wildman–Crippen MR) is 102 cm³/mol. The molecule has 0 amide bonds. The quantitative estimate of drug-likeness (QED) is 0.750. The van der Waals surface area contributed by atoms with E-state index in [4.69, 9.17) is 0 Å². The van der Waals surface area contributed by atoms with Crippen LogP contribution >= 0.6 is 11.8 Å². The third-order valence-electron chi connectivity index (χ3n) is 4.05. The molecule has 0 unspecified atom stereocenters. The molecule has 26 heavy (non-hydrogen) atoms. The lowest BCUT2D eigenvalue weighted by molar-refractivity contribution is -0.429. The minimum Gasteiger partial charge on any atom is -0.0968 e. The molecular formula is C21H20N4S+4. The third-order valence-corrected chi connectivity index (χ3v) is 5.02. The minimum absolute atomic E-state index is 1.11. The summed E-state index contributed by atoms with van der Waals surface area (Å²) >= 11 is 1.76. The van der Waals surface area contributed by atoms with Crippen LogP contribution < -0.4 is 0 Å². The zero-order valence-corrected chi connectivity index (χ0v) is 15.9. The second kappa shape index (κ2) is 6.74. The van der Waals surface area contributed by atoms with Gasteiger partial charge in [-0.1, -0.05) is 36.1 Å². The standard InChI is InChI=1S/C21H20N4S/c1-17-11-19(25-10-8-23(3)16-25)14-21(12-17)26-20-6-4-5-18(13-20)24-9-7-22(2)15-24/h4-14H,1-3H3/q+4. The van der Waals surface area contributed by atoms with Crippen molar-refractivity contribution in [1.29, 1.82) is 0 Å². The van der Waals surface area contributed by atoms with Crippen LogP contribution in [0.1, 0.15) is 5.56 Å². The van der Waals surface area contributed by atoms with Crippen molar-refractivity contribution in [3.05, 3.63) is 72.8 Å². The molecule has 2 aliphatic heterocycles. The van der Waals surface area contributed by atoms with Gasteiger partial charge in [-0.25, -0.2) is 0 Å². The van der Waals surface area contributed by atoms with E-state index in [1.54, 1.807) is 11.8 Å². The summed E-state index contributed by atoms with van der Waals surface area (Å²) in [4.78, 5) is 2.41. The van der Waals surface area contributed by atoms with Gasteiger partial charge in [-0.15, -0.1) is 0 Å². The van der Waals surface area contributed by atoms with Crippen LogP contribution in [-0.4, -0.2) is 44.4 Å². The van der Waals surface area contributed by atoms with Crippen LogP contribution in [0.5, 0.6) is 0 Å². The van der Waals surface area contributed by atoms with Gasteiger partial charge < -0.3 is 0 Å². The smallest absolute Gasteiger partial charge is 0.0968 e. The third kappa shape index (κ3) is 3.51. The number of aryl methyl sites for hydroxylation is 1. The van der Waals surface area contributed by atoms with Gasteiger partial charge in [0.15, 0.2) is 14.1 Å². The Morgan fingerprint density at radius 2 is 1.38 bits per heavy atom. The Hall–Kier alpha value is -2.97. The second-order valence-corrected chi connectivity index (χ2v) is 7.51. The molecule has 0 aromatic heterocycles. The lowest BCUT2D eigenvalue weighted by Gasteiger charge is -2.03. The normalized spacial score (nSPS) is 15.0. The molecule has 2 heterocycles. The van der Waals surface area contributed by atoms with Crippen LogP contribution in [0.15, 0.2) is 77.1 Å². The molecule has 0 atom stereocenters. The average Bonchev–Trinajstić information content (AvgIpc) is 3.23. The number of hydrogen-bond acceptors (Lipinski definition) is 1. The van der Waals surface area contributed by atoms with Crippen molar-refractivity contribution in [1.82, 2.24) is 0 Å². The van der Waals surface area contributed by atoms with Crippen molar-refractivity contribution in [2.75, 3.05) is 14.1 Å². The number of hydrogen-bond donors (Lipinski definition) is 0. The second-order valence-electron chi connectivity index (χ2n) is 6.36. The highest BCUT2D eigenvalue weighted by Crippen LogP contribution is 2.33. The molecule has 4 nitrogen and oxygen atoms in total. The van der Waals surface area contributed by atoms with Crippen molar-refractivity contribution >= 4 is 35.2 Å². The topological polar surface area (TPSA) is 12.0 Å². The first kappa shape index (κ1) is 16.5. The molecule has 0 radical (unpaired) electrons. The van der Waals surface area contributed by atoms with Crippen molar-refractivity contribution in [2.24, 2.45) is 0 Å². The molecule has 0 N–H and O–H groups in total. The zero-order valence-electron chi connectivity index (χ0n) is 15.0. The SMILES string of the molecule is Cc1cc(Sc2cccc([N+]3=C=[N+](C)C=C3)c2)cc([N+]2=C=[N+](C)C=C2)c1. The van der Waals surface area contributed by atoms with E-state index in [1.165, 1.54) is 15.4 Å². The van der Waals surface area contributed by atoms with Crippen LogP contribution in [0.25, 0.3) is 0 Å². The highest BCUT2D eigenvalue weighted by Gasteiger charge is 2.19. The maximum atomic E-state index is 3.26. The van der Waals surface area contributed by atoms with Gasteiger partial charge in [-0.2, -0.15) is 0 Å². The van der Waals surface area contributed by atoms with E-state index in [0.717, 1.165) is 11.4 Å². The average molecular weight is 360 g/mol. The fourth-order valence-corrected chi connectivity index (χ4v) is 3.88. The molecule has 0 saturated heterocycles. The fourth-order valence-electron chi connectivity index (χ4n) is 2.85. The number of benzene rings is 2. The summed E-state index contributed by atoms with van der Waals surface area (Å²) in [6, 6.07) is 21.6. The van der Waals surface area contributed by atoms with Crippen molar-refractivity contribution in [2.45, 2.75) is 16.7 Å². The number of nitrogens with zero attached hydrogens (tertiary/aromatic N) is 4.